The number of hydrogen-bond donors (Lipinski definition) is 1. The van der Waals surface area contributed by atoms with Crippen LogP contribution in [0, 0.1) is 0 Å². The van der Waals surface area contributed by atoms with Gasteiger partial charge in [0, 0.05) is 13.1 Å². The second kappa shape index (κ2) is 4.61. The van der Waals surface area contributed by atoms with E-state index in [-0.39, 0.29) is 0 Å². The van der Waals surface area contributed by atoms with Gasteiger partial charge < -0.3 is 14.7 Å². The average Bonchev–Trinajstić information content (AvgIpc) is 3.20. The second-order valence-corrected chi connectivity index (χ2v) is 5.25. The average molecular weight is 284 g/mol. The molecule has 1 saturated heterocycles. The molecule has 0 atom stereocenters. The van der Waals surface area contributed by atoms with E-state index in [4.69, 9.17) is 16.3 Å². The largest absolute Gasteiger partial charge is 0.481 e. The van der Waals surface area contributed by atoms with E-state index in [1.165, 1.54) is 0 Å². The van der Waals surface area contributed by atoms with Crippen molar-refractivity contribution in [3.63, 3.8) is 0 Å². The van der Waals surface area contributed by atoms with Crippen LogP contribution in [0.5, 0.6) is 0 Å². The molecular formula is C12H14ClN3O3. The van der Waals surface area contributed by atoms with E-state index in [9.17, 15) is 9.90 Å². The first-order valence-corrected chi connectivity index (χ1v) is 6.61. The van der Waals surface area contributed by atoms with Crippen LogP contribution in [0.2, 0.25) is 5.15 Å². The van der Waals surface area contributed by atoms with Gasteiger partial charge in [-0.1, -0.05) is 11.6 Å². The lowest BCUT2D eigenvalue weighted by molar-refractivity contribution is -0.140. The third kappa shape index (κ3) is 2.26. The lowest BCUT2D eigenvalue weighted by Crippen LogP contribution is -2.37. The molecular weight excluding hydrogens is 270 g/mol. The third-order valence-corrected chi connectivity index (χ3v) is 3.82. The maximum absolute atomic E-state index is 11.3. The van der Waals surface area contributed by atoms with Gasteiger partial charge >= 0.3 is 5.97 Å². The Kier molecular flexibility index (Phi) is 3.06. The first-order valence-electron chi connectivity index (χ1n) is 6.23. The van der Waals surface area contributed by atoms with Crippen molar-refractivity contribution in [1.29, 1.82) is 0 Å². The Hall–Kier alpha value is -1.40. The Bertz CT molecular complexity index is 513. The van der Waals surface area contributed by atoms with Crippen LogP contribution >= 0.6 is 11.6 Å². The van der Waals surface area contributed by atoms with E-state index in [2.05, 4.69) is 9.97 Å². The van der Waals surface area contributed by atoms with Crippen LogP contribution in [-0.2, 0) is 14.9 Å². The monoisotopic (exact) mass is 283 g/mol. The van der Waals surface area contributed by atoms with Crippen molar-refractivity contribution in [2.24, 2.45) is 0 Å². The highest BCUT2D eigenvalue weighted by Gasteiger charge is 2.53. The molecule has 102 valence electrons. The number of morpholine rings is 1. The number of ether oxygens (including phenoxy) is 1. The van der Waals surface area contributed by atoms with Gasteiger partial charge in [0.15, 0.2) is 0 Å². The molecule has 6 nitrogen and oxygen atoms in total. The predicted octanol–water partition coefficient (Wildman–Crippen LogP) is 1.08. The highest BCUT2D eigenvalue weighted by molar-refractivity contribution is 6.29. The summed E-state index contributed by atoms with van der Waals surface area (Å²) in [5, 5.41) is 9.60. The number of aromatic nitrogens is 2. The highest BCUT2D eigenvalue weighted by Crippen LogP contribution is 2.48. The number of aliphatic carboxylic acids is 1. The summed E-state index contributed by atoms with van der Waals surface area (Å²) in [6, 6.07) is 1.56. The molecule has 0 aromatic carbocycles. The number of rotatable bonds is 3. The molecule has 2 aliphatic rings. The van der Waals surface area contributed by atoms with Gasteiger partial charge in [-0.3, -0.25) is 4.79 Å². The zero-order chi connectivity index (χ0) is 13.5. The Balaban J connectivity index is 1.94. The molecule has 1 saturated carbocycles. The molecule has 2 heterocycles. The molecule has 0 bridgehead atoms. The van der Waals surface area contributed by atoms with Crippen molar-refractivity contribution in [3.05, 3.63) is 16.9 Å². The summed E-state index contributed by atoms with van der Waals surface area (Å²) in [5.41, 5.74) is -0.338. The van der Waals surface area contributed by atoms with E-state index in [0.29, 0.717) is 55.9 Å². The molecule has 19 heavy (non-hydrogen) atoms. The van der Waals surface area contributed by atoms with Gasteiger partial charge in [-0.2, -0.15) is 0 Å². The molecule has 3 rings (SSSR count). The molecule has 0 unspecified atom stereocenters. The zero-order valence-electron chi connectivity index (χ0n) is 10.3. The Morgan fingerprint density at radius 1 is 1.37 bits per heavy atom. The van der Waals surface area contributed by atoms with Gasteiger partial charge in [-0.15, -0.1) is 0 Å². The van der Waals surface area contributed by atoms with Crippen LogP contribution in [0.1, 0.15) is 18.5 Å². The summed E-state index contributed by atoms with van der Waals surface area (Å²) < 4.78 is 5.28. The molecule has 0 amide bonds. The summed E-state index contributed by atoms with van der Waals surface area (Å²) >= 11 is 6.01. The zero-order valence-corrected chi connectivity index (χ0v) is 11.1. The van der Waals surface area contributed by atoms with Crippen LogP contribution in [0.4, 0.5) is 5.95 Å². The molecule has 1 aliphatic heterocycles. The Morgan fingerprint density at radius 3 is 2.63 bits per heavy atom. The number of halogens is 1. The number of carboxylic acids is 1. The molecule has 2 fully saturated rings. The van der Waals surface area contributed by atoms with E-state index in [0.717, 1.165) is 0 Å². The van der Waals surface area contributed by atoms with Gasteiger partial charge in [0.05, 0.1) is 18.9 Å². The minimum absolute atomic E-state index is 0.291. The number of carbonyl (C=O) groups is 1. The van der Waals surface area contributed by atoms with Crippen molar-refractivity contribution in [3.8, 4) is 0 Å². The van der Waals surface area contributed by atoms with E-state index >= 15 is 0 Å². The number of hydrogen-bond acceptors (Lipinski definition) is 5. The summed E-state index contributed by atoms with van der Waals surface area (Å²) in [6.45, 7) is 2.63. The van der Waals surface area contributed by atoms with Crippen LogP contribution in [0.3, 0.4) is 0 Å². The quantitative estimate of drug-likeness (QED) is 0.837. The highest BCUT2D eigenvalue weighted by atomic mass is 35.5. The van der Waals surface area contributed by atoms with E-state index < -0.39 is 11.4 Å². The summed E-state index contributed by atoms with van der Waals surface area (Å²) in [5.74, 6) is -0.339. The van der Waals surface area contributed by atoms with E-state index in [1.807, 2.05) is 4.90 Å². The standard InChI is InChI=1S/C12H14ClN3O3/c13-9-7-8(12(1-2-12)10(17)18)14-11(15-9)16-3-5-19-6-4-16/h7H,1-6H2,(H,17,18). The van der Waals surface area contributed by atoms with Gasteiger partial charge in [0.1, 0.15) is 10.6 Å². The summed E-state index contributed by atoms with van der Waals surface area (Å²) in [4.78, 5) is 21.9. The lowest BCUT2D eigenvalue weighted by atomic mass is 10.0. The topological polar surface area (TPSA) is 75.5 Å². The molecule has 1 aliphatic carbocycles. The van der Waals surface area contributed by atoms with Gasteiger partial charge in [0.25, 0.3) is 0 Å². The molecule has 7 heteroatoms. The van der Waals surface area contributed by atoms with Crippen molar-refractivity contribution in [2.45, 2.75) is 18.3 Å². The molecule has 0 spiro atoms. The maximum Gasteiger partial charge on any atom is 0.315 e. The third-order valence-electron chi connectivity index (χ3n) is 3.63. The van der Waals surface area contributed by atoms with Gasteiger partial charge in [0.2, 0.25) is 5.95 Å². The summed E-state index contributed by atoms with van der Waals surface area (Å²) in [6.07, 6.45) is 1.22. The van der Waals surface area contributed by atoms with Crippen molar-refractivity contribution < 1.29 is 14.6 Å². The van der Waals surface area contributed by atoms with Crippen LogP contribution in [0.15, 0.2) is 6.07 Å². The molecule has 1 N–H and O–H groups in total. The summed E-state index contributed by atoms with van der Waals surface area (Å²) in [7, 11) is 0. The second-order valence-electron chi connectivity index (χ2n) is 4.86. The predicted molar refractivity (Wildman–Crippen MR) is 68.6 cm³/mol. The fourth-order valence-electron chi connectivity index (χ4n) is 2.26. The minimum atomic E-state index is -0.854. The van der Waals surface area contributed by atoms with E-state index in [1.54, 1.807) is 6.07 Å². The minimum Gasteiger partial charge on any atom is -0.481 e. The van der Waals surface area contributed by atoms with Crippen molar-refractivity contribution in [2.75, 3.05) is 31.2 Å². The van der Waals surface area contributed by atoms with Crippen LogP contribution in [0.25, 0.3) is 0 Å². The molecule has 1 aromatic rings. The first kappa shape index (κ1) is 12.6. The van der Waals surface area contributed by atoms with Gasteiger partial charge in [-0.05, 0) is 18.9 Å². The number of nitrogens with zero attached hydrogens (tertiary/aromatic N) is 3. The number of carboxylic acid groups (broad SMARTS) is 1. The lowest BCUT2D eigenvalue weighted by Gasteiger charge is -2.27. The Morgan fingerprint density at radius 2 is 2.05 bits per heavy atom. The van der Waals surface area contributed by atoms with Crippen LogP contribution < -0.4 is 4.90 Å². The SMILES string of the molecule is O=C(O)C1(c2cc(Cl)nc(N3CCOCC3)n2)CC1. The Labute approximate surface area is 115 Å². The fraction of sp³-hybridized carbons (Fsp3) is 0.583. The van der Waals surface area contributed by atoms with Crippen molar-refractivity contribution >= 4 is 23.5 Å². The normalized spacial score (nSPS) is 21.2. The van der Waals surface area contributed by atoms with Crippen molar-refractivity contribution in [1.82, 2.24) is 9.97 Å². The smallest absolute Gasteiger partial charge is 0.315 e. The fourth-order valence-corrected chi connectivity index (χ4v) is 2.44. The van der Waals surface area contributed by atoms with Crippen LogP contribution in [-0.4, -0.2) is 47.3 Å². The van der Waals surface area contributed by atoms with Gasteiger partial charge in [-0.25, -0.2) is 9.97 Å². The number of anilines is 1. The molecule has 1 aromatic heterocycles. The first-order chi connectivity index (χ1) is 9.12. The maximum atomic E-state index is 11.3. The molecule has 0 radical (unpaired) electrons.